The topological polar surface area (TPSA) is 54.6 Å². The van der Waals surface area contributed by atoms with Gasteiger partial charge in [-0.15, -0.1) is 0 Å². The molecule has 4 nitrogen and oxygen atoms in total. The van der Waals surface area contributed by atoms with Crippen molar-refractivity contribution in [2.24, 2.45) is 5.10 Å². The van der Waals surface area contributed by atoms with Crippen molar-refractivity contribution in [2.45, 2.75) is 13.8 Å². The van der Waals surface area contributed by atoms with Crippen LogP contribution in [0.2, 0.25) is 0 Å². The summed E-state index contributed by atoms with van der Waals surface area (Å²) >= 11 is 0. The van der Waals surface area contributed by atoms with Gasteiger partial charge in [-0.2, -0.15) is 5.10 Å². The second-order valence-electron chi connectivity index (χ2n) is 5.20. The van der Waals surface area contributed by atoms with E-state index in [2.05, 4.69) is 10.5 Å². The lowest BCUT2D eigenvalue weighted by Gasteiger charge is -2.02. The molecule has 0 bridgehead atoms. The van der Waals surface area contributed by atoms with E-state index in [9.17, 15) is 9.18 Å². The van der Waals surface area contributed by atoms with Gasteiger partial charge in [-0.1, -0.05) is 30.3 Å². The van der Waals surface area contributed by atoms with Gasteiger partial charge in [0.1, 0.15) is 11.4 Å². The maximum atomic E-state index is 12.9. The Morgan fingerprint density at radius 3 is 2.52 bits per heavy atom. The summed E-state index contributed by atoms with van der Waals surface area (Å²) in [4.78, 5) is 12.3. The van der Waals surface area contributed by atoms with E-state index in [0.29, 0.717) is 11.3 Å². The predicted octanol–water partition coefficient (Wildman–Crippen LogP) is 4.03. The van der Waals surface area contributed by atoms with Gasteiger partial charge in [0.25, 0.3) is 0 Å². The molecule has 3 aromatic rings. The second-order valence-corrected chi connectivity index (χ2v) is 5.20. The number of carbonyl (C=O) groups is 1. The Morgan fingerprint density at radius 2 is 1.83 bits per heavy atom. The number of hydrogen-bond acceptors (Lipinski definition) is 3. The lowest BCUT2D eigenvalue weighted by molar-refractivity contribution is 0.0928. The van der Waals surface area contributed by atoms with Gasteiger partial charge in [-0.25, -0.2) is 9.82 Å². The number of fused-ring (bicyclic) bond motifs is 1. The maximum Gasteiger partial charge on any atom is 0.307 e. The van der Waals surface area contributed by atoms with E-state index in [1.807, 2.05) is 31.2 Å². The number of rotatable bonds is 3. The minimum Gasteiger partial charge on any atom is -0.451 e. The second kappa shape index (κ2) is 6.04. The Hall–Kier alpha value is -2.95. The van der Waals surface area contributed by atoms with Gasteiger partial charge in [-0.3, -0.25) is 4.79 Å². The van der Waals surface area contributed by atoms with Crippen molar-refractivity contribution in [1.29, 1.82) is 0 Å². The van der Waals surface area contributed by atoms with Crippen LogP contribution in [0.3, 0.4) is 0 Å². The zero-order valence-electron chi connectivity index (χ0n) is 12.8. The lowest BCUT2D eigenvalue weighted by Crippen LogP contribution is -2.19. The molecule has 0 aliphatic rings. The van der Waals surface area contributed by atoms with Gasteiger partial charge in [0.15, 0.2) is 5.76 Å². The Labute approximate surface area is 132 Å². The molecule has 0 atom stereocenters. The van der Waals surface area contributed by atoms with E-state index < -0.39 is 5.91 Å². The van der Waals surface area contributed by atoms with Crippen LogP contribution >= 0.6 is 0 Å². The number of benzene rings is 2. The fraction of sp³-hybridized carbons (Fsp3) is 0.111. The number of amides is 1. The molecule has 116 valence electrons. The fourth-order valence-corrected chi connectivity index (χ4v) is 2.33. The molecular weight excluding hydrogens is 295 g/mol. The molecule has 0 saturated heterocycles. The molecule has 2 aromatic carbocycles. The van der Waals surface area contributed by atoms with Gasteiger partial charge in [0.2, 0.25) is 0 Å². The summed E-state index contributed by atoms with van der Waals surface area (Å²) < 4.78 is 18.5. The first-order chi connectivity index (χ1) is 11.1. The van der Waals surface area contributed by atoms with E-state index in [1.165, 1.54) is 12.1 Å². The SMILES string of the molecule is C/C(=N/NC(=O)c1oc2ccccc2c1C)c1ccc(F)cc1. The van der Waals surface area contributed by atoms with E-state index in [4.69, 9.17) is 4.42 Å². The van der Waals surface area contributed by atoms with Crippen molar-refractivity contribution in [2.75, 3.05) is 0 Å². The Kier molecular flexibility index (Phi) is 3.93. The molecule has 0 aliphatic heterocycles. The van der Waals surface area contributed by atoms with E-state index in [0.717, 1.165) is 16.5 Å². The minimum atomic E-state index is -0.417. The molecule has 1 heterocycles. The van der Waals surface area contributed by atoms with Crippen molar-refractivity contribution in [3.05, 3.63) is 71.2 Å². The predicted molar refractivity (Wildman–Crippen MR) is 87.0 cm³/mol. The van der Waals surface area contributed by atoms with Crippen molar-refractivity contribution in [3.63, 3.8) is 0 Å². The third kappa shape index (κ3) is 2.99. The molecule has 0 aliphatic carbocycles. The number of carbonyl (C=O) groups excluding carboxylic acids is 1. The molecule has 0 saturated carbocycles. The molecular formula is C18H15FN2O2. The number of aryl methyl sites for hydroxylation is 1. The zero-order chi connectivity index (χ0) is 16.4. The van der Waals surface area contributed by atoms with Crippen LogP contribution in [0.15, 0.2) is 58.0 Å². The summed E-state index contributed by atoms with van der Waals surface area (Å²) in [6, 6.07) is 13.4. The number of furan rings is 1. The van der Waals surface area contributed by atoms with E-state index >= 15 is 0 Å². The number of hydrogen-bond donors (Lipinski definition) is 1. The fourth-order valence-electron chi connectivity index (χ4n) is 2.33. The molecule has 0 unspecified atom stereocenters. The number of halogens is 1. The summed E-state index contributed by atoms with van der Waals surface area (Å²) in [5.41, 5.74) is 5.21. The van der Waals surface area contributed by atoms with Gasteiger partial charge in [-0.05, 0) is 37.6 Å². The highest BCUT2D eigenvalue weighted by atomic mass is 19.1. The van der Waals surface area contributed by atoms with Crippen LogP contribution in [0.5, 0.6) is 0 Å². The highest BCUT2D eigenvalue weighted by Crippen LogP contribution is 2.24. The monoisotopic (exact) mass is 310 g/mol. The summed E-state index contributed by atoms with van der Waals surface area (Å²) in [5, 5.41) is 4.95. The quantitative estimate of drug-likeness (QED) is 0.586. The van der Waals surface area contributed by atoms with Gasteiger partial charge in [0.05, 0.1) is 5.71 Å². The van der Waals surface area contributed by atoms with Crippen LogP contribution in [-0.2, 0) is 0 Å². The number of para-hydroxylation sites is 1. The first-order valence-corrected chi connectivity index (χ1v) is 7.15. The van der Waals surface area contributed by atoms with Crippen LogP contribution < -0.4 is 5.43 Å². The van der Waals surface area contributed by atoms with Gasteiger partial charge in [0, 0.05) is 10.9 Å². The molecule has 0 fully saturated rings. The number of nitrogens with zero attached hydrogens (tertiary/aromatic N) is 1. The first-order valence-electron chi connectivity index (χ1n) is 7.15. The van der Waals surface area contributed by atoms with Crippen LogP contribution in [0.1, 0.15) is 28.6 Å². The third-order valence-corrected chi connectivity index (χ3v) is 3.64. The van der Waals surface area contributed by atoms with Crippen LogP contribution in [0.25, 0.3) is 11.0 Å². The van der Waals surface area contributed by atoms with Crippen molar-refractivity contribution < 1.29 is 13.6 Å². The number of hydrazone groups is 1. The highest BCUT2D eigenvalue weighted by molar-refractivity contribution is 6.02. The highest BCUT2D eigenvalue weighted by Gasteiger charge is 2.16. The Bertz CT molecular complexity index is 895. The van der Waals surface area contributed by atoms with Crippen molar-refractivity contribution in [3.8, 4) is 0 Å². The zero-order valence-corrected chi connectivity index (χ0v) is 12.8. The molecule has 3 rings (SSSR count). The summed E-state index contributed by atoms with van der Waals surface area (Å²) in [6.07, 6.45) is 0. The van der Waals surface area contributed by atoms with Crippen LogP contribution in [0.4, 0.5) is 4.39 Å². The van der Waals surface area contributed by atoms with E-state index in [-0.39, 0.29) is 11.6 Å². The Morgan fingerprint density at radius 1 is 1.13 bits per heavy atom. The lowest BCUT2D eigenvalue weighted by atomic mass is 10.1. The summed E-state index contributed by atoms with van der Waals surface area (Å²) in [7, 11) is 0. The van der Waals surface area contributed by atoms with Crippen molar-refractivity contribution >= 4 is 22.6 Å². The number of nitrogens with one attached hydrogen (secondary N) is 1. The molecule has 1 aromatic heterocycles. The average molecular weight is 310 g/mol. The average Bonchev–Trinajstić information content (AvgIpc) is 2.90. The summed E-state index contributed by atoms with van der Waals surface area (Å²) in [6.45, 7) is 3.57. The molecule has 0 radical (unpaired) electrons. The normalized spacial score (nSPS) is 11.7. The molecule has 0 spiro atoms. The van der Waals surface area contributed by atoms with E-state index in [1.54, 1.807) is 19.1 Å². The molecule has 23 heavy (non-hydrogen) atoms. The van der Waals surface area contributed by atoms with Crippen LogP contribution in [0, 0.1) is 12.7 Å². The van der Waals surface area contributed by atoms with Crippen LogP contribution in [-0.4, -0.2) is 11.6 Å². The minimum absolute atomic E-state index is 0.238. The van der Waals surface area contributed by atoms with Gasteiger partial charge < -0.3 is 4.42 Å². The summed E-state index contributed by atoms with van der Waals surface area (Å²) in [5.74, 6) is -0.495. The molecule has 1 N–H and O–H groups in total. The molecule has 1 amide bonds. The standard InChI is InChI=1S/C18H15FN2O2/c1-11-15-5-3-4-6-16(15)23-17(11)18(22)21-20-12(2)13-7-9-14(19)10-8-13/h3-10H,1-2H3,(H,21,22)/b20-12-. The smallest absolute Gasteiger partial charge is 0.307 e. The maximum absolute atomic E-state index is 12.9. The molecule has 5 heteroatoms. The van der Waals surface area contributed by atoms with Crippen molar-refractivity contribution in [1.82, 2.24) is 5.43 Å². The Balaban J connectivity index is 1.81. The largest absolute Gasteiger partial charge is 0.451 e. The first kappa shape index (κ1) is 15.0. The van der Waals surface area contributed by atoms with Gasteiger partial charge >= 0.3 is 5.91 Å². The third-order valence-electron chi connectivity index (χ3n) is 3.64.